The minimum atomic E-state index is -0.449. The quantitative estimate of drug-likeness (QED) is 0.834. The number of hydrogen-bond donors (Lipinski definition) is 1. The van der Waals surface area contributed by atoms with Gasteiger partial charge in [-0.05, 0) is 31.4 Å². The monoisotopic (exact) mass is 290 g/mol. The summed E-state index contributed by atoms with van der Waals surface area (Å²) in [7, 11) is 0. The third kappa shape index (κ3) is 2.99. The first kappa shape index (κ1) is 15.3. The molecule has 0 atom stereocenters. The van der Waals surface area contributed by atoms with Crippen LogP contribution in [0.1, 0.15) is 30.2 Å². The molecule has 0 bridgehead atoms. The summed E-state index contributed by atoms with van der Waals surface area (Å²) in [6.07, 6.45) is 2.56. The summed E-state index contributed by atoms with van der Waals surface area (Å²) in [5.74, 6) is -0.865. The van der Waals surface area contributed by atoms with E-state index in [1.807, 2.05) is 20.8 Å². The number of nitrogens with zero attached hydrogens (tertiary/aromatic N) is 3. The summed E-state index contributed by atoms with van der Waals surface area (Å²) in [6.45, 7) is 7.88. The van der Waals surface area contributed by atoms with Crippen molar-refractivity contribution in [3.63, 3.8) is 0 Å². The van der Waals surface area contributed by atoms with Gasteiger partial charge in [-0.25, -0.2) is 0 Å². The average Bonchev–Trinajstić information content (AvgIpc) is 2.47. The van der Waals surface area contributed by atoms with E-state index < -0.39 is 11.8 Å². The van der Waals surface area contributed by atoms with Crippen molar-refractivity contribution in [1.82, 2.24) is 14.8 Å². The van der Waals surface area contributed by atoms with Crippen molar-refractivity contribution >= 4 is 17.5 Å². The van der Waals surface area contributed by atoms with Crippen molar-refractivity contribution in [1.29, 1.82) is 0 Å². The number of piperazine rings is 1. The summed E-state index contributed by atoms with van der Waals surface area (Å²) < 4.78 is 0. The van der Waals surface area contributed by atoms with Crippen LogP contribution in [0.25, 0.3) is 0 Å². The van der Waals surface area contributed by atoms with E-state index in [2.05, 4.69) is 4.98 Å². The van der Waals surface area contributed by atoms with Gasteiger partial charge in [0.15, 0.2) is 0 Å². The maximum absolute atomic E-state index is 12.2. The normalized spacial score (nSPS) is 15.8. The Balaban J connectivity index is 2.13. The van der Waals surface area contributed by atoms with E-state index in [4.69, 9.17) is 5.73 Å². The lowest BCUT2D eigenvalue weighted by atomic mass is 10.1. The van der Waals surface area contributed by atoms with Crippen LogP contribution in [-0.4, -0.2) is 46.2 Å². The zero-order valence-corrected chi connectivity index (χ0v) is 12.8. The lowest BCUT2D eigenvalue weighted by molar-refractivity contribution is -0.156. The predicted molar refractivity (Wildman–Crippen MR) is 80.4 cm³/mol. The molecule has 1 aliphatic heterocycles. The van der Waals surface area contributed by atoms with Crippen molar-refractivity contribution in [2.75, 3.05) is 25.4 Å². The predicted octanol–water partition coefficient (Wildman–Crippen LogP) is 0.861. The molecule has 6 heteroatoms. The van der Waals surface area contributed by atoms with E-state index in [1.54, 1.807) is 16.0 Å². The summed E-state index contributed by atoms with van der Waals surface area (Å²) in [4.78, 5) is 31.7. The Morgan fingerprint density at radius 3 is 2.48 bits per heavy atom. The van der Waals surface area contributed by atoms with Gasteiger partial charge in [0.1, 0.15) is 0 Å². The fourth-order valence-electron chi connectivity index (χ4n) is 2.48. The highest BCUT2D eigenvalue weighted by Gasteiger charge is 2.32. The van der Waals surface area contributed by atoms with Gasteiger partial charge in [-0.3, -0.25) is 14.6 Å². The number of rotatable bonds is 4. The molecule has 0 aliphatic carbocycles. The minimum Gasteiger partial charge on any atom is -0.398 e. The number of carbonyl (C=O) groups excluding carboxylic acids is 2. The number of amides is 2. The molecule has 21 heavy (non-hydrogen) atoms. The number of aryl methyl sites for hydroxylation is 1. The van der Waals surface area contributed by atoms with Crippen molar-refractivity contribution < 1.29 is 9.59 Å². The van der Waals surface area contributed by atoms with Gasteiger partial charge < -0.3 is 15.5 Å². The van der Waals surface area contributed by atoms with E-state index in [0.717, 1.165) is 23.2 Å². The topological polar surface area (TPSA) is 79.5 Å². The molecule has 1 aliphatic rings. The molecule has 2 N–H and O–H groups in total. The molecular weight excluding hydrogens is 268 g/mol. The third-order valence-electron chi connectivity index (χ3n) is 3.91. The molecular formula is C15H22N4O2. The number of nitrogen functional groups attached to an aromatic ring is 1. The van der Waals surface area contributed by atoms with Gasteiger partial charge in [0.25, 0.3) is 0 Å². The van der Waals surface area contributed by atoms with E-state index in [0.29, 0.717) is 31.9 Å². The van der Waals surface area contributed by atoms with E-state index >= 15 is 0 Å². The summed E-state index contributed by atoms with van der Waals surface area (Å²) in [5, 5.41) is 0. The Kier molecular flexibility index (Phi) is 4.45. The molecule has 0 saturated carbocycles. The van der Waals surface area contributed by atoms with Crippen molar-refractivity contribution in [2.24, 2.45) is 0 Å². The SMILES string of the molecule is CCCN1CCN(Cc2ncc(C)c(N)c2C)C(=O)C1=O. The van der Waals surface area contributed by atoms with Gasteiger partial charge >= 0.3 is 11.8 Å². The van der Waals surface area contributed by atoms with Crippen LogP contribution in [0.5, 0.6) is 0 Å². The lowest BCUT2D eigenvalue weighted by Gasteiger charge is -2.33. The molecule has 1 aromatic heterocycles. The van der Waals surface area contributed by atoms with Gasteiger partial charge in [-0.1, -0.05) is 6.92 Å². The molecule has 2 rings (SSSR count). The zero-order valence-electron chi connectivity index (χ0n) is 12.8. The third-order valence-corrected chi connectivity index (χ3v) is 3.91. The largest absolute Gasteiger partial charge is 0.398 e. The van der Waals surface area contributed by atoms with E-state index in [9.17, 15) is 9.59 Å². The van der Waals surface area contributed by atoms with Gasteiger partial charge in [-0.15, -0.1) is 0 Å². The maximum Gasteiger partial charge on any atom is 0.312 e. The molecule has 2 amide bonds. The van der Waals surface area contributed by atoms with Crippen LogP contribution in [0.4, 0.5) is 5.69 Å². The first-order valence-electron chi connectivity index (χ1n) is 7.24. The second-order valence-electron chi connectivity index (χ2n) is 5.45. The number of hydrogen-bond acceptors (Lipinski definition) is 4. The van der Waals surface area contributed by atoms with Crippen LogP contribution in [0.2, 0.25) is 0 Å². The highest BCUT2D eigenvalue weighted by atomic mass is 16.2. The van der Waals surface area contributed by atoms with Crippen molar-refractivity contribution in [3.8, 4) is 0 Å². The molecule has 0 aromatic carbocycles. The second-order valence-corrected chi connectivity index (χ2v) is 5.45. The van der Waals surface area contributed by atoms with Gasteiger partial charge in [0.2, 0.25) is 0 Å². The Bertz CT molecular complexity index is 571. The molecule has 0 spiro atoms. The fourth-order valence-corrected chi connectivity index (χ4v) is 2.48. The van der Waals surface area contributed by atoms with Crippen LogP contribution >= 0.6 is 0 Å². The average molecular weight is 290 g/mol. The number of anilines is 1. The van der Waals surface area contributed by atoms with Crippen LogP contribution < -0.4 is 5.73 Å². The van der Waals surface area contributed by atoms with Crippen LogP contribution in [-0.2, 0) is 16.1 Å². The summed E-state index contributed by atoms with van der Waals surface area (Å²) in [6, 6.07) is 0. The zero-order chi connectivity index (χ0) is 15.6. The van der Waals surface area contributed by atoms with Crippen LogP contribution in [0.3, 0.4) is 0 Å². The highest BCUT2D eigenvalue weighted by molar-refractivity contribution is 6.35. The van der Waals surface area contributed by atoms with Crippen LogP contribution in [0, 0.1) is 13.8 Å². The lowest BCUT2D eigenvalue weighted by Crippen LogP contribution is -2.54. The summed E-state index contributed by atoms with van der Waals surface area (Å²) in [5.41, 5.74) is 9.25. The number of nitrogens with two attached hydrogens (primary N) is 1. The number of aromatic nitrogens is 1. The van der Waals surface area contributed by atoms with Gasteiger partial charge in [0.05, 0.1) is 12.2 Å². The highest BCUT2D eigenvalue weighted by Crippen LogP contribution is 2.20. The molecule has 1 saturated heterocycles. The second kappa shape index (κ2) is 6.11. The van der Waals surface area contributed by atoms with E-state index in [-0.39, 0.29) is 0 Å². The number of carbonyl (C=O) groups is 2. The summed E-state index contributed by atoms with van der Waals surface area (Å²) >= 11 is 0. The Morgan fingerprint density at radius 2 is 1.81 bits per heavy atom. The molecule has 2 heterocycles. The maximum atomic E-state index is 12.2. The Labute approximate surface area is 124 Å². The molecule has 6 nitrogen and oxygen atoms in total. The molecule has 0 unspecified atom stereocenters. The Morgan fingerprint density at radius 1 is 1.19 bits per heavy atom. The molecule has 0 radical (unpaired) electrons. The molecule has 1 aromatic rings. The van der Waals surface area contributed by atoms with Gasteiger partial charge in [-0.2, -0.15) is 0 Å². The van der Waals surface area contributed by atoms with Crippen LogP contribution in [0.15, 0.2) is 6.20 Å². The standard InChI is InChI=1S/C15H22N4O2/c1-4-5-18-6-7-19(15(21)14(18)20)9-12-11(3)13(16)10(2)8-17-12/h8H,4-7,9H2,1-3H3,(H2,16,17). The first-order valence-corrected chi connectivity index (χ1v) is 7.24. The van der Waals surface area contributed by atoms with Crippen molar-refractivity contribution in [2.45, 2.75) is 33.7 Å². The fraction of sp³-hybridized carbons (Fsp3) is 0.533. The minimum absolute atomic E-state index is 0.334. The molecule has 1 fully saturated rings. The van der Waals surface area contributed by atoms with Crippen molar-refractivity contribution in [3.05, 3.63) is 23.0 Å². The Hall–Kier alpha value is -2.11. The number of pyridine rings is 1. The first-order chi connectivity index (χ1) is 9.95. The van der Waals surface area contributed by atoms with Gasteiger partial charge in [0, 0.05) is 31.5 Å². The molecule has 114 valence electrons. The smallest absolute Gasteiger partial charge is 0.312 e. The van der Waals surface area contributed by atoms with E-state index in [1.165, 1.54) is 0 Å².